The molecule has 172 valence electrons. The number of hydrogen-bond acceptors (Lipinski definition) is 6. The lowest BCUT2D eigenvalue weighted by molar-refractivity contribution is -0.125. The molecule has 0 aliphatic carbocycles. The molecule has 1 aliphatic heterocycles. The average molecular weight is 492 g/mol. The second-order valence-corrected chi connectivity index (χ2v) is 10.0. The first-order valence-electron chi connectivity index (χ1n) is 10.8. The molecule has 1 fully saturated rings. The number of imide groups is 1. The highest BCUT2D eigenvalue weighted by Gasteiger charge is 2.45. The number of urea groups is 1. The zero-order valence-corrected chi connectivity index (χ0v) is 20.2. The third-order valence-corrected chi connectivity index (χ3v) is 7.26. The number of halogens is 1. The van der Waals surface area contributed by atoms with Crippen molar-refractivity contribution in [3.63, 3.8) is 0 Å². The SMILES string of the molecule is CC1(C)C(=O)NC(=O)N1CCNc1ncc(-c2cccc(Cl)c2)c(-c2cc3ccccc3s2)n1. The van der Waals surface area contributed by atoms with Crippen molar-refractivity contribution in [3.8, 4) is 21.7 Å². The van der Waals surface area contributed by atoms with Crippen molar-refractivity contribution >= 4 is 50.9 Å². The minimum Gasteiger partial charge on any atom is -0.352 e. The maximum absolute atomic E-state index is 12.1. The van der Waals surface area contributed by atoms with E-state index in [0.29, 0.717) is 24.1 Å². The Labute approximate surface area is 205 Å². The van der Waals surface area contributed by atoms with E-state index in [1.165, 1.54) is 9.60 Å². The largest absolute Gasteiger partial charge is 0.352 e. The Bertz CT molecular complexity index is 1380. The fourth-order valence-corrected chi connectivity index (χ4v) is 5.23. The van der Waals surface area contributed by atoms with Gasteiger partial charge in [-0.3, -0.25) is 10.1 Å². The summed E-state index contributed by atoms with van der Waals surface area (Å²) < 4.78 is 1.18. The van der Waals surface area contributed by atoms with Gasteiger partial charge >= 0.3 is 6.03 Å². The molecule has 2 aromatic carbocycles. The number of amides is 3. The second kappa shape index (κ2) is 8.70. The lowest BCUT2D eigenvalue weighted by Gasteiger charge is -2.27. The van der Waals surface area contributed by atoms with Crippen LogP contribution >= 0.6 is 22.9 Å². The maximum atomic E-state index is 12.1. The molecule has 2 aromatic heterocycles. The van der Waals surface area contributed by atoms with Crippen LogP contribution in [-0.4, -0.2) is 45.4 Å². The van der Waals surface area contributed by atoms with Crippen LogP contribution in [0.5, 0.6) is 0 Å². The van der Waals surface area contributed by atoms with Gasteiger partial charge in [0.25, 0.3) is 5.91 Å². The number of carbonyl (C=O) groups excluding carboxylic acids is 2. The Morgan fingerprint density at radius 2 is 1.94 bits per heavy atom. The zero-order chi connectivity index (χ0) is 23.9. The average Bonchev–Trinajstić information content (AvgIpc) is 3.33. The lowest BCUT2D eigenvalue weighted by atomic mass is 10.0. The molecule has 34 heavy (non-hydrogen) atoms. The highest BCUT2D eigenvalue weighted by Crippen LogP contribution is 2.38. The maximum Gasteiger partial charge on any atom is 0.325 e. The Hall–Kier alpha value is -3.49. The van der Waals surface area contributed by atoms with E-state index in [1.807, 2.05) is 36.4 Å². The van der Waals surface area contributed by atoms with Crippen LogP contribution in [0, 0.1) is 0 Å². The number of aromatic nitrogens is 2. The first-order valence-corrected chi connectivity index (χ1v) is 12.0. The molecular formula is C25H22ClN5O2S. The van der Waals surface area contributed by atoms with Crippen molar-refractivity contribution in [2.75, 3.05) is 18.4 Å². The first-order chi connectivity index (χ1) is 16.3. The van der Waals surface area contributed by atoms with Crippen molar-refractivity contribution in [1.82, 2.24) is 20.2 Å². The van der Waals surface area contributed by atoms with Gasteiger partial charge in [0.05, 0.1) is 10.6 Å². The van der Waals surface area contributed by atoms with Gasteiger partial charge in [0, 0.05) is 34.6 Å². The van der Waals surface area contributed by atoms with Gasteiger partial charge in [0.1, 0.15) is 5.54 Å². The molecule has 2 N–H and O–H groups in total. The normalized spacial score (nSPS) is 15.1. The van der Waals surface area contributed by atoms with Gasteiger partial charge < -0.3 is 10.2 Å². The number of nitrogens with zero attached hydrogens (tertiary/aromatic N) is 3. The number of hydrogen-bond donors (Lipinski definition) is 2. The highest BCUT2D eigenvalue weighted by atomic mass is 35.5. The number of thiophene rings is 1. The van der Waals surface area contributed by atoms with Crippen molar-refractivity contribution < 1.29 is 9.59 Å². The Morgan fingerprint density at radius 1 is 1.12 bits per heavy atom. The molecule has 0 bridgehead atoms. The van der Waals surface area contributed by atoms with Crippen LogP contribution in [0.1, 0.15) is 13.8 Å². The molecule has 0 unspecified atom stereocenters. The number of rotatable bonds is 6. The first kappa shape index (κ1) is 22.3. The third-order valence-electron chi connectivity index (χ3n) is 5.90. The molecule has 0 saturated carbocycles. The molecule has 5 rings (SSSR count). The summed E-state index contributed by atoms with van der Waals surface area (Å²) in [6.07, 6.45) is 1.79. The Kier molecular flexibility index (Phi) is 5.71. The topological polar surface area (TPSA) is 87.2 Å². The summed E-state index contributed by atoms with van der Waals surface area (Å²) in [5, 5.41) is 7.36. The van der Waals surface area contributed by atoms with Gasteiger partial charge in [-0.1, -0.05) is 41.9 Å². The third kappa shape index (κ3) is 4.10. The molecule has 4 aromatic rings. The summed E-state index contributed by atoms with van der Waals surface area (Å²) in [7, 11) is 0. The van der Waals surface area contributed by atoms with E-state index in [1.54, 1.807) is 31.4 Å². The van der Waals surface area contributed by atoms with Crippen LogP contribution < -0.4 is 10.6 Å². The van der Waals surface area contributed by atoms with Gasteiger partial charge in [-0.05, 0) is 49.1 Å². The number of nitrogens with one attached hydrogen (secondary N) is 2. The van der Waals surface area contributed by atoms with E-state index in [9.17, 15) is 9.59 Å². The summed E-state index contributed by atoms with van der Waals surface area (Å²) >= 11 is 7.92. The Morgan fingerprint density at radius 3 is 2.68 bits per heavy atom. The molecule has 7 nitrogen and oxygen atoms in total. The molecule has 0 atom stereocenters. The standard InChI is InChI=1S/C25H22ClN5O2S/c1-25(2)22(32)30-24(33)31(25)11-10-27-23-28-14-18(15-7-5-8-17(26)12-15)21(29-23)20-13-16-6-3-4-9-19(16)34-20/h3-9,12-14H,10-11H2,1-2H3,(H,27,28,29)(H,30,32,33). The summed E-state index contributed by atoms with van der Waals surface area (Å²) in [5.41, 5.74) is 1.72. The molecular weight excluding hydrogens is 470 g/mol. The van der Waals surface area contributed by atoms with E-state index < -0.39 is 5.54 Å². The minimum atomic E-state index is -0.891. The van der Waals surface area contributed by atoms with Crippen molar-refractivity contribution in [1.29, 1.82) is 0 Å². The second-order valence-electron chi connectivity index (χ2n) is 8.51. The van der Waals surface area contributed by atoms with Crippen molar-refractivity contribution in [2.24, 2.45) is 0 Å². The molecule has 1 saturated heterocycles. The zero-order valence-electron chi connectivity index (χ0n) is 18.6. The Balaban J connectivity index is 1.46. The molecule has 0 radical (unpaired) electrons. The van der Waals surface area contributed by atoms with Gasteiger partial charge in [-0.2, -0.15) is 0 Å². The minimum absolute atomic E-state index is 0.299. The van der Waals surface area contributed by atoms with Crippen LogP contribution in [0.15, 0.2) is 60.8 Å². The summed E-state index contributed by atoms with van der Waals surface area (Å²) in [6.45, 7) is 4.18. The monoisotopic (exact) mass is 491 g/mol. The van der Waals surface area contributed by atoms with Crippen LogP contribution in [-0.2, 0) is 4.79 Å². The van der Waals surface area contributed by atoms with E-state index in [0.717, 1.165) is 27.1 Å². The quantitative estimate of drug-likeness (QED) is 0.351. The molecule has 9 heteroatoms. The summed E-state index contributed by atoms with van der Waals surface area (Å²) in [5.74, 6) is 0.147. The molecule has 1 aliphatic rings. The highest BCUT2D eigenvalue weighted by molar-refractivity contribution is 7.22. The molecule has 3 heterocycles. The number of benzene rings is 2. The predicted molar refractivity (Wildman–Crippen MR) is 136 cm³/mol. The van der Waals surface area contributed by atoms with E-state index in [2.05, 4.69) is 33.8 Å². The smallest absolute Gasteiger partial charge is 0.325 e. The van der Waals surface area contributed by atoms with Crippen LogP contribution in [0.3, 0.4) is 0 Å². The molecule has 3 amide bonds. The predicted octanol–water partition coefficient (Wildman–Crippen LogP) is 5.42. The van der Waals surface area contributed by atoms with Crippen LogP contribution in [0.2, 0.25) is 5.02 Å². The fourth-order valence-electron chi connectivity index (χ4n) is 3.98. The number of fused-ring (bicyclic) bond motifs is 1. The van der Waals surface area contributed by atoms with Gasteiger partial charge in [0.2, 0.25) is 5.95 Å². The van der Waals surface area contributed by atoms with E-state index >= 15 is 0 Å². The van der Waals surface area contributed by atoms with Gasteiger partial charge in [-0.25, -0.2) is 14.8 Å². The summed E-state index contributed by atoms with van der Waals surface area (Å²) in [6, 6.07) is 17.6. The van der Waals surface area contributed by atoms with Crippen LogP contribution in [0.25, 0.3) is 31.8 Å². The summed E-state index contributed by atoms with van der Waals surface area (Å²) in [4.78, 5) is 36.0. The van der Waals surface area contributed by atoms with Crippen molar-refractivity contribution in [2.45, 2.75) is 19.4 Å². The van der Waals surface area contributed by atoms with Gasteiger partial charge in [0.15, 0.2) is 0 Å². The van der Waals surface area contributed by atoms with Crippen LogP contribution in [0.4, 0.5) is 10.7 Å². The molecule has 0 spiro atoms. The van der Waals surface area contributed by atoms with E-state index in [-0.39, 0.29) is 11.9 Å². The lowest BCUT2D eigenvalue weighted by Crippen LogP contribution is -2.46. The van der Waals surface area contributed by atoms with Crippen molar-refractivity contribution in [3.05, 3.63) is 65.8 Å². The number of anilines is 1. The van der Waals surface area contributed by atoms with Gasteiger partial charge in [-0.15, -0.1) is 11.3 Å². The fraction of sp³-hybridized carbons (Fsp3) is 0.200. The van der Waals surface area contributed by atoms with E-state index in [4.69, 9.17) is 16.6 Å². The number of carbonyl (C=O) groups is 2.